The smallest absolute Gasteiger partial charge is 0.337 e. The number of ether oxygens (including phenoxy) is 2. The summed E-state index contributed by atoms with van der Waals surface area (Å²) in [6, 6.07) is 11.7. The minimum Gasteiger partial charge on any atom is -0.465 e. The maximum atomic E-state index is 12.5. The molecule has 0 unspecified atom stereocenters. The number of hydrogen-bond acceptors (Lipinski definition) is 5. The van der Waals surface area contributed by atoms with Crippen molar-refractivity contribution in [3.63, 3.8) is 0 Å². The lowest BCUT2D eigenvalue weighted by Crippen LogP contribution is -2.46. The molecule has 2 aromatic carbocycles. The summed E-state index contributed by atoms with van der Waals surface area (Å²) in [5.41, 5.74) is 0.616. The molecule has 0 heterocycles. The molecule has 0 saturated carbocycles. The van der Waals surface area contributed by atoms with Crippen LogP contribution in [-0.2, 0) is 9.53 Å². The second-order valence-corrected chi connectivity index (χ2v) is 6.52. The molecule has 2 aromatic rings. The van der Waals surface area contributed by atoms with Gasteiger partial charge in [0.2, 0.25) is 0 Å². The zero-order chi connectivity index (χ0) is 20.0. The molecule has 0 aliphatic heterocycles. The third-order valence-corrected chi connectivity index (χ3v) is 4.15. The Labute approximate surface area is 162 Å². The molecule has 0 fully saturated rings. The average molecular weight is 390 g/mol. The summed E-state index contributed by atoms with van der Waals surface area (Å²) in [6.07, 6.45) is 0. The van der Waals surface area contributed by atoms with E-state index in [1.807, 2.05) is 0 Å². The molecule has 0 aromatic heterocycles. The van der Waals surface area contributed by atoms with Gasteiger partial charge in [-0.1, -0.05) is 37.6 Å². The van der Waals surface area contributed by atoms with Crippen LogP contribution >= 0.6 is 11.6 Å². The molecule has 142 valence electrons. The third kappa shape index (κ3) is 5.31. The number of nitrogens with one attached hydrogen (secondary N) is 1. The van der Waals surface area contributed by atoms with Crippen LogP contribution in [0, 0.1) is 5.92 Å². The van der Waals surface area contributed by atoms with E-state index in [4.69, 9.17) is 16.3 Å². The van der Waals surface area contributed by atoms with Crippen molar-refractivity contribution >= 4 is 29.4 Å². The van der Waals surface area contributed by atoms with Crippen LogP contribution in [-0.4, -0.2) is 31.0 Å². The molecular formula is C20H20ClNO5. The summed E-state index contributed by atoms with van der Waals surface area (Å²) >= 11 is 6.03. The van der Waals surface area contributed by atoms with Crippen LogP contribution < -0.4 is 10.1 Å². The molecule has 0 saturated heterocycles. The van der Waals surface area contributed by atoms with Gasteiger partial charge in [-0.25, -0.2) is 9.59 Å². The maximum absolute atomic E-state index is 12.5. The molecule has 0 aliphatic rings. The minimum absolute atomic E-state index is 0.210. The Morgan fingerprint density at radius 3 is 2.19 bits per heavy atom. The normalized spacial score (nSPS) is 11.6. The van der Waals surface area contributed by atoms with Gasteiger partial charge in [0, 0.05) is 0 Å². The largest absolute Gasteiger partial charge is 0.465 e. The number of amides is 1. The molecule has 7 heteroatoms. The number of rotatable bonds is 6. The quantitative estimate of drug-likeness (QED) is 0.604. The second kappa shape index (κ2) is 9.19. The summed E-state index contributed by atoms with van der Waals surface area (Å²) in [5.74, 6) is -1.52. The second-order valence-electron chi connectivity index (χ2n) is 6.11. The average Bonchev–Trinajstić information content (AvgIpc) is 2.65. The Morgan fingerprint density at radius 2 is 1.63 bits per heavy atom. The minimum atomic E-state index is -0.867. The number of esters is 2. The van der Waals surface area contributed by atoms with Crippen molar-refractivity contribution < 1.29 is 23.9 Å². The molecule has 6 nitrogen and oxygen atoms in total. The molecule has 1 amide bonds. The van der Waals surface area contributed by atoms with Crippen molar-refractivity contribution in [1.82, 2.24) is 5.32 Å². The highest BCUT2D eigenvalue weighted by atomic mass is 35.5. The lowest BCUT2D eigenvalue weighted by molar-refractivity contribution is -0.137. The topological polar surface area (TPSA) is 81.7 Å². The summed E-state index contributed by atoms with van der Waals surface area (Å²) in [6.45, 7) is 3.58. The van der Waals surface area contributed by atoms with Gasteiger partial charge < -0.3 is 14.8 Å². The Bertz CT molecular complexity index is 833. The van der Waals surface area contributed by atoms with E-state index >= 15 is 0 Å². The Kier molecular flexibility index (Phi) is 6.96. The fourth-order valence-corrected chi connectivity index (χ4v) is 2.54. The summed E-state index contributed by atoms with van der Waals surface area (Å²) in [4.78, 5) is 36.4. The van der Waals surface area contributed by atoms with Crippen LogP contribution in [0.5, 0.6) is 5.75 Å². The zero-order valence-electron chi connectivity index (χ0n) is 15.2. The molecule has 0 spiro atoms. The number of halogens is 1. The third-order valence-electron chi connectivity index (χ3n) is 3.82. The fourth-order valence-electron chi connectivity index (χ4n) is 2.32. The van der Waals surface area contributed by atoms with Gasteiger partial charge in [-0.05, 0) is 42.3 Å². The summed E-state index contributed by atoms with van der Waals surface area (Å²) in [7, 11) is 1.28. The Balaban J connectivity index is 2.10. The standard InChI is InChI=1S/C20H20ClNO5/c1-12(2)17(22-18(23)15-6-4-5-7-16(15)21)20(25)27-14-10-8-13(9-11-14)19(24)26-3/h4-12,17H,1-3H3,(H,22,23)/t17-/m0/s1. The van der Waals surface area contributed by atoms with Gasteiger partial charge in [-0.3, -0.25) is 4.79 Å². The van der Waals surface area contributed by atoms with E-state index in [-0.39, 0.29) is 17.2 Å². The van der Waals surface area contributed by atoms with Crippen LogP contribution in [0.4, 0.5) is 0 Å². The highest BCUT2D eigenvalue weighted by molar-refractivity contribution is 6.33. The first-order valence-electron chi connectivity index (χ1n) is 8.29. The molecule has 0 radical (unpaired) electrons. The van der Waals surface area contributed by atoms with E-state index in [1.54, 1.807) is 38.1 Å². The van der Waals surface area contributed by atoms with Gasteiger partial charge in [0.25, 0.3) is 5.91 Å². The van der Waals surface area contributed by atoms with Crippen LogP contribution in [0.15, 0.2) is 48.5 Å². The molecule has 1 atom stereocenters. The Morgan fingerprint density at radius 1 is 1.00 bits per heavy atom. The van der Waals surface area contributed by atoms with Crippen LogP contribution in [0.25, 0.3) is 0 Å². The summed E-state index contributed by atoms with van der Waals surface area (Å²) in [5, 5.41) is 2.96. The molecule has 0 bridgehead atoms. The van der Waals surface area contributed by atoms with Gasteiger partial charge in [-0.2, -0.15) is 0 Å². The number of hydrogen-bond donors (Lipinski definition) is 1. The van der Waals surface area contributed by atoms with Crippen molar-refractivity contribution in [2.24, 2.45) is 5.92 Å². The number of carbonyl (C=O) groups excluding carboxylic acids is 3. The van der Waals surface area contributed by atoms with Crippen molar-refractivity contribution in [1.29, 1.82) is 0 Å². The number of methoxy groups -OCH3 is 1. The lowest BCUT2D eigenvalue weighted by Gasteiger charge is -2.21. The fraction of sp³-hybridized carbons (Fsp3) is 0.250. The van der Waals surface area contributed by atoms with E-state index in [9.17, 15) is 14.4 Å². The monoisotopic (exact) mass is 389 g/mol. The first kappa shape index (κ1) is 20.5. The van der Waals surface area contributed by atoms with E-state index in [1.165, 1.54) is 31.4 Å². The lowest BCUT2D eigenvalue weighted by atomic mass is 10.0. The van der Waals surface area contributed by atoms with Crippen LogP contribution in [0.2, 0.25) is 5.02 Å². The van der Waals surface area contributed by atoms with E-state index in [2.05, 4.69) is 10.1 Å². The number of benzene rings is 2. The molecule has 1 N–H and O–H groups in total. The first-order chi connectivity index (χ1) is 12.8. The van der Waals surface area contributed by atoms with Crippen molar-refractivity contribution in [2.75, 3.05) is 7.11 Å². The maximum Gasteiger partial charge on any atom is 0.337 e. The highest BCUT2D eigenvalue weighted by Crippen LogP contribution is 2.17. The van der Waals surface area contributed by atoms with Crippen molar-refractivity contribution in [3.05, 3.63) is 64.7 Å². The predicted octanol–water partition coefficient (Wildman–Crippen LogP) is 3.49. The van der Waals surface area contributed by atoms with E-state index < -0.39 is 23.9 Å². The molecule has 0 aliphatic carbocycles. The first-order valence-corrected chi connectivity index (χ1v) is 8.66. The van der Waals surface area contributed by atoms with E-state index in [0.717, 1.165) is 0 Å². The highest BCUT2D eigenvalue weighted by Gasteiger charge is 2.27. The predicted molar refractivity (Wildman–Crippen MR) is 101 cm³/mol. The van der Waals surface area contributed by atoms with Gasteiger partial charge in [0.05, 0.1) is 23.3 Å². The molecular weight excluding hydrogens is 370 g/mol. The SMILES string of the molecule is COC(=O)c1ccc(OC(=O)[C@@H](NC(=O)c2ccccc2Cl)C(C)C)cc1. The zero-order valence-corrected chi connectivity index (χ0v) is 15.9. The molecule has 27 heavy (non-hydrogen) atoms. The molecule has 2 rings (SSSR count). The summed E-state index contributed by atoms with van der Waals surface area (Å²) < 4.78 is 9.95. The van der Waals surface area contributed by atoms with Crippen LogP contribution in [0.3, 0.4) is 0 Å². The number of carbonyl (C=O) groups is 3. The Hall–Kier alpha value is -2.86. The van der Waals surface area contributed by atoms with Gasteiger partial charge in [-0.15, -0.1) is 0 Å². The van der Waals surface area contributed by atoms with Gasteiger partial charge in [0.15, 0.2) is 0 Å². The van der Waals surface area contributed by atoms with Crippen molar-refractivity contribution in [3.8, 4) is 5.75 Å². The van der Waals surface area contributed by atoms with Gasteiger partial charge in [0.1, 0.15) is 11.8 Å². The van der Waals surface area contributed by atoms with Crippen molar-refractivity contribution in [2.45, 2.75) is 19.9 Å². The van der Waals surface area contributed by atoms with E-state index in [0.29, 0.717) is 10.6 Å². The van der Waals surface area contributed by atoms with Gasteiger partial charge >= 0.3 is 11.9 Å². The van der Waals surface area contributed by atoms with Crippen LogP contribution in [0.1, 0.15) is 34.6 Å².